The lowest BCUT2D eigenvalue weighted by Crippen LogP contribution is -2.15. The van der Waals surface area contributed by atoms with E-state index in [0.717, 1.165) is 5.56 Å². The molecule has 0 atom stereocenters. The van der Waals surface area contributed by atoms with Crippen molar-refractivity contribution >= 4 is 27.3 Å². The molecule has 8 heteroatoms. The van der Waals surface area contributed by atoms with Crippen LogP contribution in [0.25, 0.3) is 0 Å². The molecule has 0 radical (unpaired) electrons. The molecule has 0 bridgehead atoms. The van der Waals surface area contributed by atoms with Gasteiger partial charge in [-0.3, -0.25) is 9.52 Å². The highest BCUT2D eigenvalue weighted by Gasteiger charge is 2.17. The summed E-state index contributed by atoms with van der Waals surface area (Å²) in [5, 5.41) is 6.50. The summed E-state index contributed by atoms with van der Waals surface area (Å²) in [5.74, 6) is 0.127. The van der Waals surface area contributed by atoms with Crippen LogP contribution in [-0.4, -0.2) is 19.5 Å². The Morgan fingerprint density at radius 3 is 2.15 bits per heavy atom. The fraction of sp³-hybridized carbons (Fsp3) is 0.158. The van der Waals surface area contributed by atoms with Gasteiger partial charge < -0.3 is 9.84 Å². The molecule has 0 aliphatic heterocycles. The number of hydrogen-bond donors (Lipinski definition) is 2. The third-order valence-corrected chi connectivity index (χ3v) is 5.40. The van der Waals surface area contributed by atoms with Crippen molar-refractivity contribution in [1.82, 2.24) is 5.16 Å². The predicted octanol–water partition coefficient (Wildman–Crippen LogP) is 3.65. The minimum absolute atomic E-state index is 0.0666. The Hall–Kier alpha value is -3.13. The molecule has 1 aromatic heterocycles. The molecule has 3 aromatic rings. The highest BCUT2D eigenvalue weighted by atomic mass is 32.2. The molecule has 1 heterocycles. The number of sulfonamides is 1. The number of aryl methyl sites for hydroxylation is 3. The molecule has 0 saturated carbocycles. The van der Waals surface area contributed by atoms with Crippen LogP contribution in [0.1, 0.15) is 27.4 Å². The smallest absolute Gasteiger partial charge is 0.261 e. The summed E-state index contributed by atoms with van der Waals surface area (Å²) in [7, 11) is -3.74. The summed E-state index contributed by atoms with van der Waals surface area (Å²) in [6, 6.07) is 12.7. The Labute approximate surface area is 157 Å². The van der Waals surface area contributed by atoms with Crippen LogP contribution in [0.2, 0.25) is 0 Å². The third kappa shape index (κ3) is 4.17. The van der Waals surface area contributed by atoms with Crippen LogP contribution in [0.3, 0.4) is 0 Å². The van der Waals surface area contributed by atoms with E-state index >= 15 is 0 Å². The quantitative estimate of drug-likeness (QED) is 0.698. The first kappa shape index (κ1) is 18.7. The maximum absolute atomic E-state index is 12.5. The van der Waals surface area contributed by atoms with Gasteiger partial charge in [0.15, 0.2) is 5.76 Å². The number of rotatable bonds is 5. The molecule has 0 saturated heterocycles. The number of hydrogen-bond acceptors (Lipinski definition) is 5. The summed E-state index contributed by atoms with van der Waals surface area (Å²) in [6.07, 6.45) is 0. The van der Waals surface area contributed by atoms with Crippen molar-refractivity contribution in [3.05, 3.63) is 71.1 Å². The number of nitrogens with one attached hydrogen (secondary N) is 2. The zero-order valence-corrected chi connectivity index (χ0v) is 15.9. The second-order valence-corrected chi connectivity index (χ2v) is 7.83. The number of amides is 1. The summed E-state index contributed by atoms with van der Waals surface area (Å²) in [6.45, 7) is 5.34. The van der Waals surface area contributed by atoms with Crippen molar-refractivity contribution in [1.29, 1.82) is 0 Å². The number of aromatic nitrogens is 1. The van der Waals surface area contributed by atoms with Crippen molar-refractivity contribution in [2.45, 2.75) is 25.7 Å². The minimum Gasteiger partial charge on any atom is -0.359 e. The van der Waals surface area contributed by atoms with E-state index in [9.17, 15) is 13.2 Å². The average Bonchev–Trinajstić information content (AvgIpc) is 2.95. The van der Waals surface area contributed by atoms with Gasteiger partial charge in [0.25, 0.3) is 15.9 Å². The van der Waals surface area contributed by atoms with Crippen LogP contribution in [0.15, 0.2) is 57.9 Å². The minimum atomic E-state index is -3.74. The standard InChI is InChI=1S/C19H19N3O4S/c1-12-4-8-16(9-5-12)22-27(24,25)17-10-6-15(7-11-17)19(23)20-18-13(2)21-26-14(18)3/h4-11,22H,1-3H3,(H,20,23). The number of anilines is 2. The van der Waals surface area contributed by atoms with Gasteiger partial charge in [-0.25, -0.2) is 8.42 Å². The predicted molar refractivity (Wildman–Crippen MR) is 102 cm³/mol. The molecule has 27 heavy (non-hydrogen) atoms. The van der Waals surface area contributed by atoms with Crippen LogP contribution in [0.5, 0.6) is 0 Å². The zero-order chi connectivity index (χ0) is 19.6. The van der Waals surface area contributed by atoms with E-state index in [-0.39, 0.29) is 10.8 Å². The van der Waals surface area contributed by atoms with E-state index in [1.807, 2.05) is 19.1 Å². The Balaban J connectivity index is 1.76. The molecule has 1 amide bonds. The SMILES string of the molecule is Cc1ccc(NS(=O)(=O)c2ccc(C(=O)Nc3c(C)noc3C)cc2)cc1. The van der Waals surface area contributed by atoms with Crippen LogP contribution in [0.4, 0.5) is 11.4 Å². The highest BCUT2D eigenvalue weighted by molar-refractivity contribution is 7.92. The van der Waals surface area contributed by atoms with Crippen molar-refractivity contribution in [2.24, 2.45) is 0 Å². The van der Waals surface area contributed by atoms with Gasteiger partial charge >= 0.3 is 0 Å². The molecule has 0 spiro atoms. The highest BCUT2D eigenvalue weighted by Crippen LogP contribution is 2.21. The lowest BCUT2D eigenvalue weighted by molar-refractivity contribution is 0.102. The van der Waals surface area contributed by atoms with Gasteiger partial charge in [-0.15, -0.1) is 0 Å². The number of carbonyl (C=O) groups is 1. The lowest BCUT2D eigenvalue weighted by Gasteiger charge is -2.09. The normalized spacial score (nSPS) is 11.2. The molecule has 7 nitrogen and oxygen atoms in total. The second kappa shape index (κ2) is 7.24. The van der Waals surface area contributed by atoms with E-state index in [4.69, 9.17) is 4.52 Å². The van der Waals surface area contributed by atoms with Gasteiger partial charge in [-0.1, -0.05) is 22.9 Å². The summed E-state index contributed by atoms with van der Waals surface area (Å²) in [4.78, 5) is 12.4. The van der Waals surface area contributed by atoms with E-state index in [1.54, 1.807) is 26.0 Å². The number of benzene rings is 2. The maximum Gasteiger partial charge on any atom is 0.261 e. The first-order valence-corrected chi connectivity index (χ1v) is 9.68. The summed E-state index contributed by atoms with van der Waals surface area (Å²) < 4.78 is 32.5. The fourth-order valence-corrected chi connectivity index (χ4v) is 3.53. The van der Waals surface area contributed by atoms with Gasteiger partial charge in [0.05, 0.1) is 4.90 Å². The molecule has 2 N–H and O–H groups in total. The van der Waals surface area contributed by atoms with Crippen LogP contribution in [-0.2, 0) is 10.0 Å². The third-order valence-electron chi connectivity index (χ3n) is 4.00. The van der Waals surface area contributed by atoms with Crippen LogP contribution < -0.4 is 10.0 Å². The molecule has 0 unspecified atom stereocenters. The maximum atomic E-state index is 12.5. The Morgan fingerprint density at radius 1 is 0.963 bits per heavy atom. The van der Waals surface area contributed by atoms with E-state index in [0.29, 0.717) is 28.4 Å². The molecule has 2 aromatic carbocycles. The monoisotopic (exact) mass is 385 g/mol. The number of nitrogens with zero attached hydrogens (tertiary/aromatic N) is 1. The Morgan fingerprint density at radius 2 is 1.59 bits per heavy atom. The lowest BCUT2D eigenvalue weighted by atomic mass is 10.2. The molecular formula is C19H19N3O4S. The first-order valence-electron chi connectivity index (χ1n) is 8.20. The molecular weight excluding hydrogens is 366 g/mol. The van der Waals surface area contributed by atoms with Crippen LogP contribution in [0, 0.1) is 20.8 Å². The van der Waals surface area contributed by atoms with Crippen molar-refractivity contribution in [3.8, 4) is 0 Å². The van der Waals surface area contributed by atoms with Gasteiger partial charge in [-0.05, 0) is 57.2 Å². The molecule has 0 aliphatic rings. The first-order chi connectivity index (χ1) is 12.8. The Kier molecular flexibility index (Phi) is 5.00. The van der Waals surface area contributed by atoms with Crippen LogP contribution >= 0.6 is 0 Å². The largest absolute Gasteiger partial charge is 0.359 e. The second-order valence-electron chi connectivity index (χ2n) is 6.15. The van der Waals surface area contributed by atoms with Crippen molar-refractivity contribution in [2.75, 3.05) is 10.0 Å². The Bertz CT molecular complexity index is 1050. The summed E-state index contributed by atoms with van der Waals surface area (Å²) in [5.41, 5.74) is 2.91. The van der Waals surface area contributed by atoms with Gasteiger partial charge in [-0.2, -0.15) is 0 Å². The van der Waals surface area contributed by atoms with Gasteiger partial charge in [0.1, 0.15) is 11.4 Å². The molecule has 140 valence electrons. The molecule has 3 rings (SSSR count). The van der Waals surface area contributed by atoms with Crippen molar-refractivity contribution in [3.63, 3.8) is 0 Å². The van der Waals surface area contributed by atoms with Gasteiger partial charge in [0.2, 0.25) is 0 Å². The molecule has 0 aliphatic carbocycles. The van der Waals surface area contributed by atoms with Gasteiger partial charge in [0, 0.05) is 11.3 Å². The average molecular weight is 385 g/mol. The molecule has 0 fully saturated rings. The fourth-order valence-electron chi connectivity index (χ4n) is 2.47. The van der Waals surface area contributed by atoms with E-state index in [1.165, 1.54) is 24.3 Å². The summed E-state index contributed by atoms with van der Waals surface area (Å²) >= 11 is 0. The van der Waals surface area contributed by atoms with E-state index in [2.05, 4.69) is 15.2 Å². The topological polar surface area (TPSA) is 101 Å². The number of carbonyl (C=O) groups excluding carboxylic acids is 1. The van der Waals surface area contributed by atoms with E-state index < -0.39 is 10.0 Å². The zero-order valence-electron chi connectivity index (χ0n) is 15.1. The van der Waals surface area contributed by atoms with Crippen molar-refractivity contribution < 1.29 is 17.7 Å².